The molecular weight excluding hydrogens is 293 g/mol. The van der Waals surface area contributed by atoms with Gasteiger partial charge in [-0.25, -0.2) is 12.8 Å². The van der Waals surface area contributed by atoms with Gasteiger partial charge >= 0.3 is 0 Å². The third kappa shape index (κ3) is 3.12. The standard InChI is InChI=1S/C14H12FN3O2S/c1-9-2-3-10(8-16)6-14(9)21(19,20)18-13-5-4-11(17)7-12(13)15/h2-7,18H,17H2,1H3. The van der Waals surface area contributed by atoms with E-state index >= 15 is 0 Å². The van der Waals surface area contributed by atoms with Crippen molar-refractivity contribution in [2.24, 2.45) is 0 Å². The van der Waals surface area contributed by atoms with Gasteiger partial charge < -0.3 is 5.73 Å². The molecule has 0 aromatic heterocycles. The molecule has 2 aromatic rings. The Bertz CT molecular complexity index is 842. The molecular formula is C14H12FN3O2S. The van der Waals surface area contributed by atoms with E-state index in [1.807, 2.05) is 6.07 Å². The molecule has 0 amide bonds. The van der Waals surface area contributed by atoms with Crippen molar-refractivity contribution >= 4 is 21.4 Å². The molecule has 0 aliphatic carbocycles. The molecule has 0 aliphatic heterocycles. The molecule has 0 saturated heterocycles. The zero-order valence-electron chi connectivity index (χ0n) is 11.1. The fraction of sp³-hybridized carbons (Fsp3) is 0.0714. The minimum atomic E-state index is -3.99. The number of halogens is 1. The van der Waals surface area contributed by atoms with Crippen LogP contribution in [0.15, 0.2) is 41.3 Å². The molecule has 0 fully saturated rings. The quantitative estimate of drug-likeness (QED) is 0.851. The smallest absolute Gasteiger partial charge is 0.262 e. The Morgan fingerprint density at radius 1 is 1.24 bits per heavy atom. The Morgan fingerprint density at radius 3 is 2.57 bits per heavy atom. The zero-order valence-corrected chi connectivity index (χ0v) is 11.9. The molecule has 0 radical (unpaired) electrons. The summed E-state index contributed by atoms with van der Waals surface area (Å²) in [5, 5.41) is 8.84. The first kappa shape index (κ1) is 14.8. The van der Waals surface area contributed by atoms with Gasteiger partial charge in [-0.2, -0.15) is 5.26 Å². The summed E-state index contributed by atoms with van der Waals surface area (Å²) < 4.78 is 40.5. The first-order valence-electron chi connectivity index (χ1n) is 5.92. The van der Waals surface area contributed by atoms with Crippen molar-refractivity contribution in [3.8, 4) is 6.07 Å². The number of anilines is 2. The van der Waals surface area contributed by atoms with E-state index in [0.29, 0.717) is 5.56 Å². The van der Waals surface area contributed by atoms with Gasteiger partial charge in [0, 0.05) is 5.69 Å². The molecule has 2 aromatic carbocycles. The van der Waals surface area contributed by atoms with E-state index in [2.05, 4.69) is 4.72 Å². The van der Waals surface area contributed by atoms with Crippen molar-refractivity contribution in [3.05, 3.63) is 53.3 Å². The molecule has 7 heteroatoms. The Labute approximate surface area is 121 Å². The lowest BCUT2D eigenvalue weighted by atomic mass is 10.2. The summed E-state index contributed by atoms with van der Waals surface area (Å²) in [4.78, 5) is -0.0715. The van der Waals surface area contributed by atoms with Crippen molar-refractivity contribution in [1.82, 2.24) is 0 Å². The van der Waals surface area contributed by atoms with Crippen LogP contribution in [0.3, 0.4) is 0 Å². The number of nitrogens with two attached hydrogens (primary N) is 1. The van der Waals surface area contributed by atoms with E-state index in [9.17, 15) is 12.8 Å². The van der Waals surface area contributed by atoms with E-state index in [1.165, 1.54) is 30.3 Å². The van der Waals surface area contributed by atoms with Gasteiger partial charge in [0.05, 0.1) is 22.2 Å². The van der Waals surface area contributed by atoms with Crippen LogP contribution < -0.4 is 10.5 Å². The number of aryl methyl sites for hydroxylation is 1. The van der Waals surface area contributed by atoms with E-state index < -0.39 is 15.8 Å². The summed E-state index contributed by atoms with van der Waals surface area (Å²) in [6.45, 7) is 1.59. The summed E-state index contributed by atoms with van der Waals surface area (Å²) in [6.07, 6.45) is 0. The Kier molecular flexibility index (Phi) is 3.82. The minimum Gasteiger partial charge on any atom is -0.399 e. The average Bonchev–Trinajstić information content (AvgIpc) is 2.42. The van der Waals surface area contributed by atoms with Gasteiger partial charge in [0.25, 0.3) is 10.0 Å². The van der Waals surface area contributed by atoms with Gasteiger partial charge in [-0.3, -0.25) is 4.72 Å². The van der Waals surface area contributed by atoms with Crippen LogP contribution >= 0.6 is 0 Å². The number of nitriles is 1. The third-order valence-corrected chi connectivity index (χ3v) is 4.35. The van der Waals surface area contributed by atoms with Crippen LogP contribution in [0, 0.1) is 24.1 Å². The number of nitrogens with zero attached hydrogens (tertiary/aromatic N) is 1. The number of hydrogen-bond acceptors (Lipinski definition) is 4. The number of rotatable bonds is 3. The summed E-state index contributed by atoms with van der Waals surface area (Å²) >= 11 is 0. The molecule has 0 spiro atoms. The van der Waals surface area contributed by atoms with Gasteiger partial charge in [0.2, 0.25) is 0 Å². The molecule has 0 heterocycles. The Hall–Kier alpha value is -2.59. The van der Waals surface area contributed by atoms with Crippen molar-refractivity contribution in [1.29, 1.82) is 5.26 Å². The molecule has 21 heavy (non-hydrogen) atoms. The van der Waals surface area contributed by atoms with E-state index in [0.717, 1.165) is 6.07 Å². The van der Waals surface area contributed by atoms with E-state index in [4.69, 9.17) is 11.0 Å². The maximum atomic E-state index is 13.7. The summed E-state index contributed by atoms with van der Waals surface area (Å²) in [5.41, 5.74) is 6.06. The molecule has 0 unspecified atom stereocenters. The topological polar surface area (TPSA) is 96.0 Å². The number of benzene rings is 2. The summed E-state index contributed by atoms with van der Waals surface area (Å²) in [5.74, 6) is -0.771. The molecule has 108 valence electrons. The van der Waals surface area contributed by atoms with Crippen molar-refractivity contribution in [2.75, 3.05) is 10.5 Å². The van der Waals surface area contributed by atoms with Gasteiger partial charge in [-0.1, -0.05) is 6.07 Å². The number of nitrogens with one attached hydrogen (secondary N) is 1. The van der Waals surface area contributed by atoms with Gasteiger partial charge in [-0.05, 0) is 42.8 Å². The van der Waals surface area contributed by atoms with Crippen molar-refractivity contribution < 1.29 is 12.8 Å². The monoisotopic (exact) mass is 305 g/mol. The van der Waals surface area contributed by atoms with Crippen molar-refractivity contribution in [2.45, 2.75) is 11.8 Å². The average molecular weight is 305 g/mol. The highest BCUT2D eigenvalue weighted by Gasteiger charge is 2.19. The summed E-state index contributed by atoms with van der Waals surface area (Å²) in [7, 11) is -3.99. The van der Waals surface area contributed by atoms with Crippen LogP contribution in [0.2, 0.25) is 0 Å². The minimum absolute atomic E-state index is 0.0715. The Balaban J connectivity index is 2.46. The highest BCUT2D eigenvalue weighted by atomic mass is 32.2. The first-order chi connectivity index (χ1) is 9.83. The number of hydrogen-bond donors (Lipinski definition) is 2. The van der Waals surface area contributed by atoms with Crippen LogP contribution in [0.5, 0.6) is 0 Å². The van der Waals surface area contributed by atoms with Crippen LogP contribution in [-0.2, 0) is 10.0 Å². The molecule has 2 rings (SSSR count). The lowest BCUT2D eigenvalue weighted by Crippen LogP contribution is -2.15. The van der Waals surface area contributed by atoms with Gasteiger partial charge in [0.1, 0.15) is 5.82 Å². The lowest BCUT2D eigenvalue weighted by molar-refractivity contribution is 0.598. The van der Waals surface area contributed by atoms with Crippen molar-refractivity contribution in [3.63, 3.8) is 0 Å². The fourth-order valence-electron chi connectivity index (χ4n) is 1.77. The second-order valence-electron chi connectivity index (χ2n) is 4.44. The maximum absolute atomic E-state index is 13.7. The zero-order chi connectivity index (χ0) is 15.6. The normalized spacial score (nSPS) is 10.9. The Morgan fingerprint density at radius 2 is 1.95 bits per heavy atom. The summed E-state index contributed by atoms with van der Waals surface area (Å²) in [6, 6.07) is 9.80. The van der Waals surface area contributed by atoms with E-state index in [-0.39, 0.29) is 21.8 Å². The fourth-order valence-corrected chi connectivity index (χ4v) is 3.11. The lowest BCUT2D eigenvalue weighted by Gasteiger charge is -2.11. The number of sulfonamides is 1. The third-order valence-electron chi connectivity index (χ3n) is 2.84. The highest BCUT2D eigenvalue weighted by molar-refractivity contribution is 7.92. The highest BCUT2D eigenvalue weighted by Crippen LogP contribution is 2.23. The second-order valence-corrected chi connectivity index (χ2v) is 6.09. The predicted octanol–water partition coefficient (Wildman–Crippen LogP) is 2.39. The first-order valence-corrected chi connectivity index (χ1v) is 7.40. The molecule has 0 saturated carbocycles. The second kappa shape index (κ2) is 5.42. The van der Waals surface area contributed by atoms with Crippen LogP contribution in [0.1, 0.15) is 11.1 Å². The van der Waals surface area contributed by atoms with Crippen LogP contribution in [0.4, 0.5) is 15.8 Å². The largest absolute Gasteiger partial charge is 0.399 e. The van der Waals surface area contributed by atoms with Crippen LogP contribution in [0.25, 0.3) is 0 Å². The van der Waals surface area contributed by atoms with Crippen LogP contribution in [-0.4, -0.2) is 8.42 Å². The van der Waals surface area contributed by atoms with Gasteiger partial charge in [0.15, 0.2) is 0 Å². The maximum Gasteiger partial charge on any atom is 0.262 e. The molecule has 0 aliphatic rings. The predicted molar refractivity (Wildman–Crippen MR) is 77.5 cm³/mol. The molecule has 5 nitrogen and oxygen atoms in total. The molecule has 0 bridgehead atoms. The SMILES string of the molecule is Cc1ccc(C#N)cc1S(=O)(=O)Nc1ccc(N)cc1F. The number of nitrogen functional groups attached to an aromatic ring is 1. The van der Waals surface area contributed by atoms with Gasteiger partial charge in [-0.15, -0.1) is 0 Å². The van der Waals surface area contributed by atoms with E-state index in [1.54, 1.807) is 6.92 Å². The molecule has 3 N–H and O–H groups in total. The molecule has 0 atom stereocenters.